The average Bonchev–Trinajstić information content (AvgIpc) is 2.75. The summed E-state index contributed by atoms with van der Waals surface area (Å²) in [6.45, 7) is 1.87. The standard InChI is InChI=1S/C12H20O2/c1-2-6-13-11(3-1)14-9-12-5-4-10(7-12)8-12/h10-11H,1-9H2. The zero-order valence-electron chi connectivity index (χ0n) is 8.84. The van der Waals surface area contributed by atoms with Crippen LogP contribution in [0.1, 0.15) is 44.9 Å². The molecular weight excluding hydrogens is 176 g/mol. The van der Waals surface area contributed by atoms with Crippen molar-refractivity contribution in [2.75, 3.05) is 13.2 Å². The number of fused-ring (bicyclic) bond motifs is 1. The van der Waals surface area contributed by atoms with Gasteiger partial charge in [0.05, 0.1) is 6.61 Å². The van der Waals surface area contributed by atoms with Gasteiger partial charge in [-0.05, 0) is 56.3 Å². The third-order valence-electron chi connectivity index (χ3n) is 4.24. The Balaban J connectivity index is 1.45. The predicted octanol–water partition coefficient (Wildman–Crippen LogP) is 2.72. The SMILES string of the molecule is C1CCC(OCC23CCC(C2)C3)OC1. The van der Waals surface area contributed by atoms with Gasteiger partial charge in [0.2, 0.25) is 0 Å². The van der Waals surface area contributed by atoms with Crippen LogP contribution in [0, 0.1) is 11.3 Å². The molecule has 3 aliphatic carbocycles. The highest BCUT2D eigenvalue weighted by Gasteiger charge is 2.50. The molecule has 1 aliphatic heterocycles. The predicted molar refractivity (Wildman–Crippen MR) is 53.9 cm³/mol. The highest BCUT2D eigenvalue weighted by Crippen LogP contribution is 2.58. The number of hydrogen-bond donors (Lipinski definition) is 0. The highest BCUT2D eigenvalue weighted by atomic mass is 16.7. The first-order valence-corrected chi connectivity index (χ1v) is 6.10. The minimum absolute atomic E-state index is 0.123. The van der Waals surface area contributed by atoms with Crippen LogP contribution in [-0.4, -0.2) is 19.5 Å². The van der Waals surface area contributed by atoms with Crippen LogP contribution in [0.15, 0.2) is 0 Å². The summed E-state index contributed by atoms with van der Waals surface area (Å²) >= 11 is 0. The second-order valence-electron chi connectivity index (χ2n) is 5.42. The van der Waals surface area contributed by atoms with Gasteiger partial charge in [-0.15, -0.1) is 0 Å². The summed E-state index contributed by atoms with van der Waals surface area (Å²) in [7, 11) is 0. The minimum atomic E-state index is 0.123. The number of ether oxygens (including phenoxy) is 2. The summed E-state index contributed by atoms with van der Waals surface area (Å²) in [6, 6.07) is 0. The lowest BCUT2D eigenvalue weighted by Crippen LogP contribution is -2.35. The van der Waals surface area contributed by atoms with Gasteiger partial charge < -0.3 is 9.47 Å². The molecule has 14 heavy (non-hydrogen) atoms. The third kappa shape index (κ3) is 1.59. The van der Waals surface area contributed by atoms with Gasteiger partial charge in [0.1, 0.15) is 0 Å². The van der Waals surface area contributed by atoms with Crippen LogP contribution in [0.5, 0.6) is 0 Å². The molecule has 0 aromatic rings. The van der Waals surface area contributed by atoms with Crippen LogP contribution >= 0.6 is 0 Å². The molecule has 0 radical (unpaired) electrons. The maximum absolute atomic E-state index is 5.89. The van der Waals surface area contributed by atoms with Gasteiger partial charge in [0.25, 0.3) is 0 Å². The smallest absolute Gasteiger partial charge is 0.157 e. The zero-order chi connectivity index (χ0) is 9.43. The summed E-state index contributed by atoms with van der Waals surface area (Å²) in [6.07, 6.45) is 9.45. The molecule has 2 bridgehead atoms. The quantitative estimate of drug-likeness (QED) is 0.691. The fourth-order valence-electron chi connectivity index (χ4n) is 3.39. The Bertz CT molecular complexity index is 197. The molecule has 1 atom stereocenters. The van der Waals surface area contributed by atoms with Gasteiger partial charge >= 0.3 is 0 Å². The topological polar surface area (TPSA) is 18.5 Å². The monoisotopic (exact) mass is 196 g/mol. The molecule has 4 fully saturated rings. The zero-order valence-corrected chi connectivity index (χ0v) is 8.84. The summed E-state index contributed by atoms with van der Waals surface area (Å²) in [5.74, 6) is 1.05. The van der Waals surface area contributed by atoms with E-state index < -0.39 is 0 Å². The summed E-state index contributed by atoms with van der Waals surface area (Å²) in [4.78, 5) is 0. The molecule has 1 saturated heterocycles. The van der Waals surface area contributed by atoms with Crippen LogP contribution in [0.3, 0.4) is 0 Å². The summed E-state index contributed by atoms with van der Waals surface area (Å²) in [5, 5.41) is 0. The molecule has 2 nitrogen and oxygen atoms in total. The van der Waals surface area contributed by atoms with Gasteiger partial charge in [-0.2, -0.15) is 0 Å². The maximum atomic E-state index is 5.89. The van der Waals surface area contributed by atoms with Gasteiger partial charge in [-0.1, -0.05) is 0 Å². The van der Waals surface area contributed by atoms with Crippen LogP contribution in [0.2, 0.25) is 0 Å². The van der Waals surface area contributed by atoms with Crippen molar-refractivity contribution in [3.63, 3.8) is 0 Å². The van der Waals surface area contributed by atoms with Crippen molar-refractivity contribution in [3.8, 4) is 0 Å². The lowest BCUT2D eigenvalue weighted by molar-refractivity contribution is -0.184. The van der Waals surface area contributed by atoms with E-state index in [1.165, 1.54) is 38.5 Å². The lowest BCUT2D eigenvalue weighted by atomic mass is 9.70. The van der Waals surface area contributed by atoms with Crippen molar-refractivity contribution >= 4 is 0 Å². The molecule has 4 rings (SSSR count). The average molecular weight is 196 g/mol. The van der Waals surface area contributed by atoms with E-state index in [2.05, 4.69) is 0 Å². The van der Waals surface area contributed by atoms with E-state index in [0.717, 1.165) is 25.6 Å². The van der Waals surface area contributed by atoms with E-state index >= 15 is 0 Å². The molecule has 0 amide bonds. The Morgan fingerprint density at radius 3 is 2.79 bits per heavy atom. The van der Waals surface area contributed by atoms with Gasteiger partial charge in [-0.25, -0.2) is 0 Å². The fraction of sp³-hybridized carbons (Fsp3) is 1.00. The molecule has 1 unspecified atom stereocenters. The van der Waals surface area contributed by atoms with Gasteiger partial charge in [0, 0.05) is 6.61 Å². The van der Waals surface area contributed by atoms with Crippen LogP contribution in [0.4, 0.5) is 0 Å². The first-order chi connectivity index (χ1) is 6.86. The molecule has 0 spiro atoms. The Morgan fingerprint density at radius 2 is 2.14 bits per heavy atom. The van der Waals surface area contributed by atoms with E-state index in [0.29, 0.717) is 5.41 Å². The van der Waals surface area contributed by atoms with Gasteiger partial charge in [0.15, 0.2) is 6.29 Å². The van der Waals surface area contributed by atoms with Crippen molar-refractivity contribution in [1.29, 1.82) is 0 Å². The van der Waals surface area contributed by atoms with Crippen molar-refractivity contribution in [3.05, 3.63) is 0 Å². The second kappa shape index (κ2) is 3.49. The number of hydrogen-bond acceptors (Lipinski definition) is 2. The Morgan fingerprint density at radius 1 is 1.21 bits per heavy atom. The Kier molecular flexibility index (Phi) is 2.29. The van der Waals surface area contributed by atoms with Crippen molar-refractivity contribution in [2.45, 2.75) is 51.2 Å². The summed E-state index contributed by atoms with van der Waals surface area (Å²) in [5.41, 5.74) is 0.589. The van der Waals surface area contributed by atoms with E-state index in [-0.39, 0.29) is 6.29 Å². The van der Waals surface area contributed by atoms with Gasteiger partial charge in [-0.3, -0.25) is 0 Å². The largest absolute Gasteiger partial charge is 0.353 e. The van der Waals surface area contributed by atoms with Crippen molar-refractivity contribution in [1.82, 2.24) is 0 Å². The second-order valence-corrected chi connectivity index (χ2v) is 5.42. The van der Waals surface area contributed by atoms with E-state index in [9.17, 15) is 0 Å². The highest BCUT2D eigenvalue weighted by molar-refractivity contribution is 5.00. The van der Waals surface area contributed by atoms with E-state index in [1.54, 1.807) is 0 Å². The molecule has 80 valence electrons. The van der Waals surface area contributed by atoms with Crippen molar-refractivity contribution in [2.24, 2.45) is 11.3 Å². The molecule has 3 saturated carbocycles. The van der Waals surface area contributed by atoms with Crippen LogP contribution in [-0.2, 0) is 9.47 Å². The van der Waals surface area contributed by atoms with E-state index in [4.69, 9.17) is 9.47 Å². The first-order valence-electron chi connectivity index (χ1n) is 6.10. The van der Waals surface area contributed by atoms with Crippen LogP contribution < -0.4 is 0 Å². The summed E-state index contributed by atoms with van der Waals surface area (Å²) < 4.78 is 11.5. The third-order valence-corrected chi connectivity index (χ3v) is 4.24. The van der Waals surface area contributed by atoms with Crippen LogP contribution in [0.25, 0.3) is 0 Å². The molecule has 4 aliphatic rings. The van der Waals surface area contributed by atoms with Crippen molar-refractivity contribution < 1.29 is 9.47 Å². The Labute approximate surface area is 86.0 Å². The lowest BCUT2D eigenvalue weighted by Gasteiger charge is -2.39. The normalized spacial score (nSPS) is 46.3. The molecule has 2 heteroatoms. The molecule has 0 aromatic carbocycles. The number of rotatable bonds is 3. The molecule has 1 heterocycles. The first kappa shape index (κ1) is 9.17. The van der Waals surface area contributed by atoms with E-state index in [1.807, 2.05) is 0 Å². The fourth-order valence-corrected chi connectivity index (χ4v) is 3.39. The maximum Gasteiger partial charge on any atom is 0.157 e. The Hall–Kier alpha value is -0.0800. The minimum Gasteiger partial charge on any atom is -0.353 e. The molecule has 0 aromatic heterocycles. The molecule has 0 N–H and O–H groups in total. The molecular formula is C12H20O2.